The Labute approximate surface area is 132 Å². The van der Waals surface area contributed by atoms with Crippen molar-refractivity contribution in [2.24, 2.45) is 0 Å². The quantitative estimate of drug-likeness (QED) is 0.661. The standard InChI is InChI=1S/C17H13Cl2NO/c1-10-3-2-4-15-17(10)12(9-20-15)16(21)8-11-5-6-13(18)14(19)7-11/h2-7,9,20H,8H2,1H3. The Bertz CT molecular complexity index is 836. The van der Waals surface area contributed by atoms with Crippen molar-refractivity contribution in [2.75, 3.05) is 0 Å². The minimum Gasteiger partial charge on any atom is -0.360 e. The van der Waals surface area contributed by atoms with E-state index in [4.69, 9.17) is 23.2 Å². The number of rotatable bonds is 3. The number of halogens is 2. The zero-order valence-corrected chi connectivity index (χ0v) is 12.9. The first-order valence-electron chi connectivity index (χ1n) is 6.60. The number of nitrogens with one attached hydrogen (secondary N) is 1. The van der Waals surface area contributed by atoms with Crippen LogP contribution < -0.4 is 0 Å². The molecule has 0 fully saturated rings. The number of carbonyl (C=O) groups excluding carboxylic acids is 1. The molecule has 0 aliphatic heterocycles. The summed E-state index contributed by atoms with van der Waals surface area (Å²) in [6.07, 6.45) is 2.08. The van der Waals surface area contributed by atoms with Crippen LogP contribution in [0.15, 0.2) is 42.6 Å². The number of ketones is 1. The van der Waals surface area contributed by atoms with E-state index in [1.807, 2.05) is 31.2 Å². The number of aromatic amines is 1. The molecule has 0 saturated carbocycles. The maximum atomic E-state index is 12.5. The summed E-state index contributed by atoms with van der Waals surface area (Å²) in [7, 11) is 0. The van der Waals surface area contributed by atoms with Crippen LogP contribution in [0.3, 0.4) is 0 Å². The third-order valence-electron chi connectivity index (χ3n) is 3.56. The van der Waals surface area contributed by atoms with Gasteiger partial charge in [-0.3, -0.25) is 4.79 Å². The molecule has 2 nitrogen and oxygen atoms in total. The first kappa shape index (κ1) is 14.2. The number of H-pyrrole nitrogens is 1. The summed E-state index contributed by atoms with van der Waals surface area (Å²) in [4.78, 5) is 15.7. The molecule has 0 spiro atoms. The van der Waals surface area contributed by atoms with Gasteiger partial charge in [-0.1, -0.05) is 41.4 Å². The fourth-order valence-electron chi connectivity index (χ4n) is 2.52. The van der Waals surface area contributed by atoms with Crippen LogP contribution in [0, 0.1) is 6.92 Å². The van der Waals surface area contributed by atoms with Gasteiger partial charge in [-0.2, -0.15) is 0 Å². The third kappa shape index (κ3) is 2.69. The molecule has 21 heavy (non-hydrogen) atoms. The third-order valence-corrected chi connectivity index (χ3v) is 4.30. The van der Waals surface area contributed by atoms with Crippen molar-refractivity contribution >= 4 is 39.9 Å². The molecular formula is C17H13Cl2NO. The van der Waals surface area contributed by atoms with Crippen LogP contribution in [0.2, 0.25) is 10.0 Å². The highest BCUT2D eigenvalue weighted by molar-refractivity contribution is 6.42. The zero-order chi connectivity index (χ0) is 15.0. The van der Waals surface area contributed by atoms with E-state index < -0.39 is 0 Å². The Morgan fingerprint density at radius 1 is 1.14 bits per heavy atom. The molecule has 0 bridgehead atoms. The molecular weight excluding hydrogens is 305 g/mol. The lowest BCUT2D eigenvalue weighted by Gasteiger charge is -2.04. The lowest BCUT2D eigenvalue weighted by molar-refractivity contribution is 0.0994. The van der Waals surface area contributed by atoms with Crippen LogP contribution in [0.1, 0.15) is 21.5 Å². The van der Waals surface area contributed by atoms with Gasteiger partial charge >= 0.3 is 0 Å². The van der Waals surface area contributed by atoms with Crippen LogP contribution >= 0.6 is 23.2 Å². The van der Waals surface area contributed by atoms with Gasteiger partial charge < -0.3 is 4.98 Å². The molecule has 3 rings (SSSR count). The summed E-state index contributed by atoms with van der Waals surface area (Å²) in [5.74, 6) is 0.0638. The van der Waals surface area contributed by atoms with Crippen molar-refractivity contribution in [1.82, 2.24) is 4.98 Å². The van der Waals surface area contributed by atoms with Crippen LogP contribution in [-0.2, 0) is 6.42 Å². The lowest BCUT2D eigenvalue weighted by Crippen LogP contribution is -2.03. The summed E-state index contributed by atoms with van der Waals surface area (Å²) in [6, 6.07) is 11.2. The molecule has 0 aliphatic rings. The molecule has 0 radical (unpaired) electrons. The number of benzene rings is 2. The highest BCUT2D eigenvalue weighted by atomic mass is 35.5. The Balaban J connectivity index is 1.95. The monoisotopic (exact) mass is 317 g/mol. The summed E-state index contributed by atoms with van der Waals surface area (Å²) in [5, 5.41) is 1.95. The van der Waals surface area contributed by atoms with Crippen molar-refractivity contribution < 1.29 is 4.79 Å². The second-order valence-electron chi connectivity index (χ2n) is 5.05. The van der Waals surface area contributed by atoms with Gasteiger partial charge in [0.1, 0.15) is 0 Å². The van der Waals surface area contributed by atoms with E-state index in [1.54, 1.807) is 18.3 Å². The van der Waals surface area contributed by atoms with E-state index in [2.05, 4.69) is 4.98 Å². The van der Waals surface area contributed by atoms with E-state index in [1.165, 1.54) is 0 Å². The number of aryl methyl sites for hydroxylation is 1. The van der Waals surface area contributed by atoms with E-state index in [0.717, 1.165) is 22.0 Å². The average Bonchev–Trinajstić information content (AvgIpc) is 2.88. The zero-order valence-electron chi connectivity index (χ0n) is 11.4. The molecule has 106 valence electrons. The van der Waals surface area contributed by atoms with E-state index >= 15 is 0 Å². The number of carbonyl (C=O) groups is 1. The highest BCUT2D eigenvalue weighted by Crippen LogP contribution is 2.26. The van der Waals surface area contributed by atoms with Gasteiger partial charge in [0.05, 0.1) is 10.0 Å². The SMILES string of the molecule is Cc1cccc2[nH]cc(C(=O)Cc3ccc(Cl)c(Cl)c3)c12. The maximum Gasteiger partial charge on any atom is 0.169 e. The molecule has 0 unspecified atom stereocenters. The molecule has 0 saturated heterocycles. The lowest BCUT2D eigenvalue weighted by atomic mass is 10.00. The molecule has 2 aromatic carbocycles. The summed E-state index contributed by atoms with van der Waals surface area (Å²) < 4.78 is 0. The summed E-state index contributed by atoms with van der Waals surface area (Å²) >= 11 is 11.9. The molecule has 1 heterocycles. The van der Waals surface area contributed by atoms with Crippen LogP contribution in [0.4, 0.5) is 0 Å². The van der Waals surface area contributed by atoms with Gasteiger partial charge in [-0.05, 0) is 36.2 Å². The van der Waals surface area contributed by atoms with Crippen molar-refractivity contribution in [3.63, 3.8) is 0 Å². The van der Waals surface area contributed by atoms with Gasteiger partial charge in [0.15, 0.2) is 5.78 Å². The minimum absolute atomic E-state index is 0.0638. The van der Waals surface area contributed by atoms with E-state index in [0.29, 0.717) is 22.0 Å². The molecule has 1 N–H and O–H groups in total. The van der Waals surface area contributed by atoms with Crippen LogP contribution in [-0.4, -0.2) is 10.8 Å². The first-order valence-corrected chi connectivity index (χ1v) is 7.35. The Kier molecular flexibility index (Phi) is 3.75. The second kappa shape index (κ2) is 5.55. The first-order chi connectivity index (χ1) is 10.1. The summed E-state index contributed by atoms with van der Waals surface area (Å²) in [6.45, 7) is 2.01. The van der Waals surface area contributed by atoms with Crippen LogP contribution in [0.5, 0.6) is 0 Å². The van der Waals surface area contributed by atoms with Crippen LogP contribution in [0.25, 0.3) is 10.9 Å². The number of aromatic nitrogens is 1. The predicted molar refractivity (Wildman–Crippen MR) is 87.5 cm³/mol. The topological polar surface area (TPSA) is 32.9 Å². The largest absolute Gasteiger partial charge is 0.360 e. The number of hydrogen-bond acceptors (Lipinski definition) is 1. The normalized spacial score (nSPS) is 11.0. The molecule has 0 atom stereocenters. The molecule has 1 aromatic heterocycles. The van der Waals surface area contributed by atoms with Crippen molar-refractivity contribution in [3.05, 3.63) is 69.3 Å². The molecule has 0 amide bonds. The minimum atomic E-state index is 0.0638. The van der Waals surface area contributed by atoms with E-state index in [-0.39, 0.29) is 5.78 Å². The maximum absolute atomic E-state index is 12.5. The second-order valence-corrected chi connectivity index (χ2v) is 5.86. The number of hydrogen-bond donors (Lipinski definition) is 1. The van der Waals surface area contributed by atoms with Gasteiger partial charge in [0, 0.05) is 29.1 Å². The van der Waals surface area contributed by atoms with Crippen molar-refractivity contribution in [1.29, 1.82) is 0 Å². The van der Waals surface area contributed by atoms with Crippen molar-refractivity contribution in [3.8, 4) is 0 Å². The van der Waals surface area contributed by atoms with Crippen molar-refractivity contribution in [2.45, 2.75) is 13.3 Å². The van der Waals surface area contributed by atoms with E-state index in [9.17, 15) is 4.79 Å². The van der Waals surface area contributed by atoms with Gasteiger partial charge in [0.25, 0.3) is 0 Å². The Morgan fingerprint density at radius 2 is 1.95 bits per heavy atom. The Morgan fingerprint density at radius 3 is 2.71 bits per heavy atom. The fourth-order valence-corrected chi connectivity index (χ4v) is 2.84. The smallest absolute Gasteiger partial charge is 0.169 e. The molecule has 0 aliphatic carbocycles. The van der Waals surface area contributed by atoms with Gasteiger partial charge in [-0.15, -0.1) is 0 Å². The average molecular weight is 318 g/mol. The number of Topliss-reactive ketones (excluding diaryl/α,β-unsaturated/α-hetero) is 1. The predicted octanol–water partition coefficient (Wildman–Crippen LogP) is 5.21. The van der Waals surface area contributed by atoms with Gasteiger partial charge in [0.2, 0.25) is 0 Å². The number of fused-ring (bicyclic) bond motifs is 1. The Hall–Kier alpha value is -1.77. The molecule has 3 aromatic rings. The summed E-state index contributed by atoms with van der Waals surface area (Å²) in [5.41, 5.74) is 3.64. The van der Waals surface area contributed by atoms with Gasteiger partial charge in [-0.25, -0.2) is 0 Å². The highest BCUT2D eigenvalue weighted by Gasteiger charge is 2.14. The fraction of sp³-hybridized carbons (Fsp3) is 0.118. The molecule has 4 heteroatoms.